The van der Waals surface area contributed by atoms with Crippen molar-refractivity contribution < 1.29 is 24.5 Å². The average Bonchev–Trinajstić information content (AvgIpc) is 2.04. The maximum absolute atomic E-state index is 10.6. The number of hydrogen-bond acceptors (Lipinski definition) is 3. The molecule has 1 aliphatic rings. The van der Waals surface area contributed by atoms with E-state index in [-0.39, 0.29) is 0 Å². The van der Waals surface area contributed by atoms with Crippen LogP contribution in [0.2, 0.25) is 0 Å². The molecule has 1 rings (SSSR count). The molecule has 5 nitrogen and oxygen atoms in total. The fourth-order valence-corrected chi connectivity index (χ4v) is 3.20. The second kappa shape index (κ2) is 4.38. The van der Waals surface area contributed by atoms with Crippen molar-refractivity contribution in [3.05, 3.63) is 0 Å². The topological polar surface area (TPSA) is 83.8 Å². The van der Waals surface area contributed by atoms with Crippen molar-refractivity contribution >= 4 is 20.0 Å². The van der Waals surface area contributed by atoms with E-state index in [4.69, 9.17) is 14.9 Å². The molecule has 2 N–H and O–H groups in total. The molecule has 0 aliphatic carbocycles. The highest BCUT2D eigenvalue weighted by atomic mass is 28.3. The van der Waals surface area contributed by atoms with E-state index in [2.05, 4.69) is 0 Å². The van der Waals surface area contributed by atoms with Gasteiger partial charge in [-0.15, -0.1) is 0 Å². The molecular weight excluding hydrogens is 192 g/mol. The van der Waals surface area contributed by atoms with Gasteiger partial charge in [0.25, 0.3) is 11.2 Å². The summed E-state index contributed by atoms with van der Waals surface area (Å²) < 4.78 is 5.16. The minimum atomic E-state index is -2.85. The lowest BCUT2D eigenvalue weighted by Gasteiger charge is -2.24. The van der Waals surface area contributed by atoms with Crippen molar-refractivity contribution in [2.24, 2.45) is 0 Å². The summed E-state index contributed by atoms with van der Waals surface area (Å²) in [5.41, 5.74) is -2.89. The van der Waals surface area contributed by atoms with Gasteiger partial charge in [-0.2, -0.15) is 0 Å². The third-order valence-electron chi connectivity index (χ3n) is 2.12. The third kappa shape index (κ3) is 2.53. The molecule has 13 heavy (non-hydrogen) atoms. The summed E-state index contributed by atoms with van der Waals surface area (Å²) in [6.45, 7) is 0.495. The van der Waals surface area contributed by atoms with E-state index in [1.54, 1.807) is 0 Å². The first-order valence-corrected chi connectivity index (χ1v) is 6.02. The molecular formula is C7H12O5Si. The monoisotopic (exact) mass is 204 g/mol. The van der Waals surface area contributed by atoms with Crippen LogP contribution in [0.3, 0.4) is 0 Å². The molecule has 1 saturated heterocycles. The standard InChI is InChI=1S/C7H12O5Si/c8-6(9)13(7(10)11)5-3-1-2-4-12-5/h5,13H,1-4H2,(H,8,9)(H,10,11). The second-order valence-corrected chi connectivity index (χ2v) is 5.75. The van der Waals surface area contributed by atoms with Crippen LogP contribution < -0.4 is 0 Å². The first-order valence-electron chi connectivity index (χ1n) is 4.20. The Balaban J connectivity index is 2.62. The van der Waals surface area contributed by atoms with Gasteiger partial charge in [0.05, 0.1) is 5.73 Å². The van der Waals surface area contributed by atoms with Crippen molar-refractivity contribution in [1.82, 2.24) is 0 Å². The number of carbonyl (C=O) groups is 2. The maximum Gasteiger partial charge on any atom is 0.326 e. The third-order valence-corrected chi connectivity index (χ3v) is 4.45. The van der Waals surface area contributed by atoms with Crippen LogP contribution in [0.1, 0.15) is 19.3 Å². The van der Waals surface area contributed by atoms with Gasteiger partial charge in [0, 0.05) is 6.61 Å². The van der Waals surface area contributed by atoms with Crippen LogP contribution in [0.4, 0.5) is 9.59 Å². The highest BCUT2D eigenvalue weighted by molar-refractivity contribution is 7.09. The van der Waals surface area contributed by atoms with Crippen LogP contribution in [0, 0.1) is 0 Å². The summed E-state index contributed by atoms with van der Waals surface area (Å²) in [4.78, 5) is 21.3. The molecule has 0 aromatic rings. The predicted octanol–water partition coefficient (Wildman–Crippen LogP) is 0.841. The van der Waals surface area contributed by atoms with E-state index >= 15 is 0 Å². The van der Waals surface area contributed by atoms with E-state index in [1.165, 1.54) is 0 Å². The Bertz CT molecular complexity index is 197. The normalized spacial score (nSPS) is 23.0. The molecule has 1 heterocycles. The first kappa shape index (κ1) is 10.2. The van der Waals surface area contributed by atoms with Crippen LogP contribution >= 0.6 is 0 Å². The van der Waals surface area contributed by atoms with Gasteiger partial charge in [-0.3, -0.25) is 9.59 Å². The van der Waals surface area contributed by atoms with Crippen molar-refractivity contribution in [2.75, 3.05) is 6.61 Å². The zero-order valence-electron chi connectivity index (χ0n) is 7.10. The molecule has 0 aromatic heterocycles. The summed E-state index contributed by atoms with van der Waals surface area (Å²) in [6, 6.07) is 0. The fourth-order valence-electron chi connectivity index (χ4n) is 1.45. The van der Waals surface area contributed by atoms with Crippen molar-refractivity contribution in [3.63, 3.8) is 0 Å². The Hall–Kier alpha value is -0.883. The quantitative estimate of drug-likeness (QED) is 0.665. The van der Waals surface area contributed by atoms with Gasteiger partial charge >= 0.3 is 8.80 Å². The van der Waals surface area contributed by atoms with Gasteiger partial charge in [0.15, 0.2) is 0 Å². The second-order valence-electron chi connectivity index (χ2n) is 3.06. The largest absolute Gasteiger partial charge is 0.485 e. The van der Waals surface area contributed by atoms with Gasteiger partial charge in [0.2, 0.25) is 0 Å². The molecule has 1 aliphatic heterocycles. The van der Waals surface area contributed by atoms with Crippen molar-refractivity contribution in [3.8, 4) is 0 Å². The van der Waals surface area contributed by atoms with Crippen LogP contribution in [0.25, 0.3) is 0 Å². The zero-order chi connectivity index (χ0) is 9.84. The van der Waals surface area contributed by atoms with E-state index in [0.29, 0.717) is 13.0 Å². The van der Waals surface area contributed by atoms with Crippen molar-refractivity contribution in [1.29, 1.82) is 0 Å². The first-order chi connectivity index (χ1) is 6.13. The highest BCUT2D eigenvalue weighted by Gasteiger charge is 2.39. The smallest absolute Gasteiger partial charge is 0.326 e. The fraction of sp³-hybridized carbons (Fsp3) is 0.714. The van der Waals surface area contributed by atoms with Crippen LogP contribution in [0.5, 0.6) is 0 Å². The van der Waals surface area contributed by atoms with Gasteiger partial charge in [-0.25, -0.2) is 0 Å². The summed E-state index contributed by atoms with van der Waals surface area (Å²) in [6.07, 6.45) is 2.35. The molecule has 6 heteroatoms. The number of carboxylic acid groups (broad SMARTS) is 2. The lowest BCUT2D eigenvalue weighted by molar-refractivity contribution is 0.0621. The molecule has 0 bridgehead atoms. The Labute approximate surface area is 76.9 Å². The maximum atomic E-state index is 10.6. The van der Waals surface area contributed by atoms with Crippen molar-refractivity contribution in [2.45, 2.75) is 25.0 Å². The number of ether oxygens (including phenoxy) is 1. The van der Waals surface area contributed by atoms with Crippen LogP contribution in [0.15, 0.2) is 0 Å². The summed E-state index contributed by atoms with van der Waals surface area (Å²) >= 11 is 0. The Morgan fingerprint density at radius 3 is 2.23 bits per heavy atom. The van der Waals surface area contributed by atoms with E-state index in [0.717, 1.165) is 12.8 Å². The molecule has 1 unspecified atom stereocenters. The lowest BCUT2D eigenvalue weighted by Crippen LogP contribution is -2.47. The number of hydrogen-bond donors (Lipinski definition) is 2. The Morgan fingerprint density at radius 2 is 1.85 bits per heavy atom. The van der Waals surface area contributed by atoms with Crippen LogP contribution in [-0.4, -0.2) is 42.5 Å². The lowest BCUT2D eigenvalue weighted by atomic mass is 10.2. The average molecular weight is 204 g/mol. The van der Waals surface area contributed by atoms with Gasteiger partial charge < -0.3 is 14.9 Å². The summed E-state index contributed by atoms with van der Waals surface area (Å²) in [7, 11) is -2.85. The zero-order valence-corrected chi connectivity index (χ0v) is 8.26. The Kier molecular flexibility index (Phi) is 3.44. The SMILES string of the molecule is O=C(O)[SiH](C(=O)O)C1CCCCO1. The summed E-state index contributed by atoms with van der Waals surface area (Å²) in [5, 5.41) is 17.4. The van der Waals surface area contributed by atoms with Gasteiger partial charge in [-0.1, -0.05) is 0 Å². The molecule has 0 aromatic carbocycles. The molecule has 1 fully saturated rings. The minimum Gasteiger partial charge on any atom is -0.485 e. The van der Waals surface area contributed by atoms with E-state index in [1.807, 2.05) is 0 Å². The molecule has 0 radical (unpaired) electrons. The molecule has 0 saturated carbocycles. The van der Waals surface area contributed by atoms with E-state index in [9.17, 15) is 9.59 Å². The molecule has 1 atom stereocenters. The molecule has 0 spiro atoms. The predicted molar refractivity (Wildman–Crippen MR) is 46.8 cm³/mol. The van der Waals surface area contributed by atoms with Gasteiger partial charge in [0.1, 0.15) is 0 Å². The van der Waals surface area contributed by atoms with E-state index < -0.39 is 25.7 Å². The summed E-state index contributed by atoms with van der Waals surface area (Å²) in [5.74, 6) is 0. The van der Waals surface area contributed by atoms with Crippen LogP contribution in [-0.2, 0) is 4.74 Å². The Morgan fingerprint density at radius 1 is 1.23 bits per heavy atom. The highest BCUT2D eigenvalue weighted by Crippen LogP contribution is 2.16. The minimum absolute atomic E-state index is 0.495. The number of rotatable bonds is 3. The molecule has 0 amide bonds. The van der Waals surface area contributed by atoms with Gasteiger partial charge in [-0.05, 0) is 19.3 Å². The molecule has 74 valence electrons.